The number of carboxylic acids is 1. The Hall–Kier alpha value is -1.51. The van der Waals surface area contributed by atoms with Crippen molar-refractivity contribution < 1.29 is 9.90 Å². The van der Waals surface area contributed by atoms with E-state index in [1.807, 2.05) is 0 Å². The van der Waals surface area contributed by atoms with Crippen LogP contribution in [0, 0.1) is 5.41 Å². The average molecular weight is 263 g/mol. The molecule has 1 rings (SSSR count). The largest absolute Gasteiger partial charge is 0.481 e. The Morgan fingerprint density at radius 2 is 1.84 bits per heavy atom. The highest BCUT2D eigenvalue weighted by molar-refractivity contribution is 5.73. The fourth-order valence-corrected chi connectivity index (χ4v) is 1.98. The lowest BCUT2D eigenvalue weighted by molar-refractivity contribution is -0.147. The van der Waals surface area contributed by atoms with Crippen molar-refractivity contribution in [3.05, 3.63) is 29.8 Å². The fraction of sp³-hybridized carbons (Fsp3) is 0.562. The predicted molar refractivity (Wildman–Crippen MR) is 79.7 cm³/mol. The molecule has 0 atom stereocenters. The maximum atomic E-state index is 11.0. The van der Waals surface area contributed by atoms with Crippen LogP contribution in [0.15, 0.2) is 24.3 Å². The molecule has 0 radical (unpaired) electrons. The Morgan fingerprint density at radius 1 is 1.26 bits per heavy atom. The molecule has 0 aliphatic heterocycles. The number of carboxylic acid groups (broad SMARTS) is 1. The van der Waals surface area contributed by atoms with Crippen molar-refractivity contribution in [3.8, 4) is 0 Å². The van der Waals surface area contributed by atoms with Gasteiger partial charge in [0, 0.05) is 19.3 Å². The van der Waals surface area contributed by atoms with Crippen molar-refractivity contribution in [2.24, 2.45) is 5.41 Å². The molecule has 0 fully saturated rings. The summed E-state index contributed by atoms with van der Waals surface area (Å²) in [5.41, 5.74) is 1.89. The third kappa shape index (κ3) is 4.58. The zero-order valence-corrected chi connectivity index (χ0v) is 12.4. The first-order valence-corrected chi connectivity index (χ1v) is 6.90. The molecule has 0 aromatic heterocycles. The Labute approximate surface area is 116 Å². The lowest BCUT2D eigenvalue weighted by Crippen LogP contribution is -2.26. The number of carbonyl (C=O) groups is 1. The Balaban J connectivity index is 2.46. The van der Waals surface area contributed by atoms with E-state index >= 15 is 0 Å². The van der Waals surface area contributed by atoms with Gasteiger partial charge in [0.05, 0.1) is 5.41 Å². The van der Waals surface area contributed by atoms with Gasteiger partial charge in [0.2, 0.25) is 0 Å². The van der Waals surface area contributed by atoms with E-state index in [1.54, 1.807) is 13.8 Å². The Bertz CT molecular complexity index is 409. The van der Waals surface area contributed by atoms with E-state index in [2.05, 4.69) is 43.1 Å². The number of rotatable bonds is 7. The monoisotopic (exact) mass is 263 g/mol. The van der Waals surface area contributed by atoms with Gasteiger partial charge in [-0.2, -0.15) is 0 Å². The topological polar surface area (TPSA) is 40.5 Å². The first-order valence-electron chi connectivity index (χ1n) is 6.90. The third-order valence-corrected chi connectivity index (χ3v) is 3.66. The van der Waals surface area contributed by atoms with Crippen molar-refractivity contribution in [2.75, 3.05) is 18.5 Å². The minimum Gasteiger partial charge on any atom is -0.481 e. The van der Waals surface area contributed by atoms with E-state index in [9.17, 15) is 4.79 Å². The van der Waals surface area contributed by atoms with E-state index in [1.165, 1.54) is 11.3 Å². The van der Waals surface area contributed by atoms with Crippen molar-refractivity contribution in [1.29, 1.82) is 0 Å². The van der Waals surface area contributed by atoms with Crippen LogP contribution in [0.3, 0.4) is 0 Å². The first-order chi connectivity index (χ1) is 8.86. The summed E-state index contributed by atoms with van der Waals surface area (Å²) >= 11 is 0. The van der Waals surface area contributed by atoms with Crippen LogP contribution in [-0.2, 0) is 11.2 Å². The zero-order valence-electron chi connectivity index (χ0n) is 12.4. The second-order valence-corrected chi connectivity index (χ2v) is 5.73. The normalized spacial score (nSPS) is 11.4. The zero-order chi connectivity index (χ0) is 14.5. The van der Waals surface area contributed by atoms with Gasteiger partial charge >= 0.3 is 5.97 Å². The van der Waals surface area contributed by atoms with Crippen LogP contribution >= 0.6 is 0 Å². The number of hydrogen-bond donors (Lipinski definition) is 1. The van der Waals surface area contributed by atoms with E-state index < -0.39 is 11.4 Å². The molecule has 106 valence electrons. The molecule has 1 aromatic rings. The molecule has 0 unspecified atom stereocenters. The van der Waals surface area contributed by atoms with Gasteiger partial charge in [0.1, 0.15) is 0 Å². The summed E-state index contributed by atoms with van der Waals surface area (Å²) in [7, 11) is 2.05. The van der Waals surface area contributed by atoms with Crippen LogP contribution in [0.2, 0.25) is 0 Å². The van der Waals surface area contributed by atoms with Gasteiger partial charge in [-0.05, 0) is 50.8 Å². The van der Waals surface area contributed by atoms with Gasteiger partial charge in [0.25, 0.3) is 0 Å². The molecule has 0 aliphatic carbocycles. The quantitative estimate of drug-likeness (QED) is 0.817. The standard InChI is InChI=1S/C16H25NO2/c1-5-13-7-9-14(10-8-13)17(4)12-6-11-16(2,3)15(18)19/h7-10H,5-6,11-12H2,1-4H3,(H,18,19). The Kier molecular flexibility index (Phi) is 5.40. The van der Waals surface area contributed by atoms with E-state index in [0.717, 1.165) is 19.4 Å². The summed E-state index contributed by atoms with van der Waals surface area (Å²) in [5.74, 6) is -0.720. The predicted octanol–water partition coefficient (Wildman–Crippen LogP) is 3.58. The number of nitrogens with zero attached hydrogens (tertiary/aromatic N) is 1. The smallest absolute Gasteiger partial charge is 0.309 e. The molecule has 0 heterocycles. The summed E-state index contributed by atoms with van der Waals surface area (Å²) in [6.07, 6.45) is 2.63. The van der Waals surface area contributed by atoms with Crippen LogP contribution in [0.1, 0.15) is 39.2 Å². The van der Waals surface area contributed by atoms with Crippen molar-refractivity contribution in [2.45, 2.75) is 40.0 Å². The van der Waals surface area contributed by atoms with Crippen molar-refractivity contribution >= 4 is 11.7 Å². The maximum absolute atomic E-state index is 11.0. The molecule has 3 nitrogen and oxygen atoms in total. The SMILES string of the molecule is CCc1ccc(N(C)CCCC(C)(C)C(=O)O)cc1. The van der Waals surface area contributed by atoms with Gasteiger partial charge in [-0.3, -0.25) is 4.79 Å². The average Bonchev–Trinajstić information content (AvgIpc) is 2.38. The lowest BCUT2D eigenvalue weighted by Gasteiger charge is -2.23. The molecule has 0 aliphatic rings. The molecule has 0 spiro atoms. The van der Waals surface area contributed by atoms with Crippen LogP contribution < -0.4 is 4.90 Å². The van der Waals surface area contributed by atoms with Gasteiger partial charge < -0.3 is 10.0 Å². The second-order valence-electron chi connectivity index (χ2n) is 5.73. The van der Waals surface area contributed by atoms with Crippen molar-refractivity contribution in [1.82, 2.24) is 0 Å². The molecule has 1 aromatic carbocycles. The number of aryl methyl sites for hydroxylation is 1. The fourth-order valence-electron chi connectivity index (χ4n) is 1.98. The highest BCUT2D eigenvalue weighted by Gasteiger charge is 2.26. The summed E-state index contributed by atoms with van der Waals surface area (Å²) in [6, 6.07) is 8.54. The van der Waals surface area contributed by atoms with Gasteiger partial charge in [-0.1, -0.05) is 19.1 Å². The maximum Gasteiger partial charge on any atom is 0.309 e. The lowest BCUT2D eigenvalue weighted by atomic mass is 9.88. The molecule has 0 bridgehead atoms. The number of aliphatic carboxylic acids is 1. The Morgan fingerprint density at radius 3 is 2.32 bits per heavy atom. The molecular formula is C16H25NO2. The van der Waals surface area contributed by atoms with Gasteiger partial charge in [0.15, 0.2) is 0 Å². The highest BCUT2D eigenvalue weighted by Crippen LogP contribution is 2.23. The van der Waals surface area contributed by atoms with Crippen molar-refractivity contribution in [3.63, 3.8) is 0 Å². The minimum absolute atomic E-state index is 0.632. The summed E-state index contributed by atoms with van der Waals surface area (Å²) in [6.45, 7) is 6.59. The van der Waals surface area contributed by atoms with Gasteiger partial charge in [-0.15, -0.1) is 0 Å². The second kappa shape index (κ2) is 6.60. The minimum atomic E-state index is -0.720. The number of benzene rings is 1. The molecule has 19 heavy (non-hydrogen) atoms. The van der Waals surface area contributed by atoms with Gasteiger partial charge in [-0.25, -0.2) is 0 Å². The summed E-state index contributed by atoms with van der Waals surface area (Å²) in [5, 5.41) is 9.07. The summed E-state index contributed by atoms with van der Waals surface area (Å²) < 4.78 is 0. The van der Waals surface area contributed by atoms with Crippen LogP contribution in [0.4, 0.5) is 5.69 Å². The van der Waals surface area contributed by atoms with Crippen LogP contribution in [0.25, 0.3) is 0 Å². The van der Waals surface area contributed by atoms with E-state index in [0.29, 0.717) is 6.42 Å². The molecule has 0 amide bonds. The first kappa shape index (κ1) is 15.5. The molecule has 0 saturated heterocycles. The van der Waals surface area contributed by atoms with Crippen LogP contribution in [0.5, 0.6) is 0 Å². The molecule has 1 N–H and O–H groups in total. The third-order valence-electron chi connectivity index (χ3n) is 3.66. The van der Waals surface area contributed by atoms with E-state index in [4.69, 9.17) is 5.11 Å². The number of anilines is 1. The summed E-state index contributed by atoms with van der Waals surface area (Å²) in [4.78, 5) is 13.2. The number of hydrogen-bond acceptors (Lipinski definition) is 2. The van der Waals surface area contributed by atoms with E-state index in [-0.39, 0.29) is 0 Å². The van der Waals surface area contributed by atoms with Crippen LogP contribution in [-0.4, -0.2) is 24.7 Å². The highest BCUT2D eigenvalue weighted by atomic mass is 16.4. The molecular weight excluding hydrogens is 238 g/mol. The molecule has 3 heteroatoms. The molecule has 0 saturated carbocycles.